The zero-order valence-electron chi connectivity index (χ0n) is 14.1. The molecule has 138 valence electrons. The maximum absolute atomic E-state index is 11.9. The van der Waals surface area contributed by atoms with Crippen LogP contribution >= 0.6 is 11.3 Å². The number of esters is 1. The molecule has 0 spiro atoms. The molecule has 0 aliphatic heterocycles. The second-order valence-corrected chi connectivity index (χ2v) is 6.66. The van der Waals surface area contributed by atoms with E-state index in [2.05, 4.69) is 10.3 Å². The molecule has 3 aromatic rings. The molecule has 0 atom stereocenters. The molecule has 8 nitrogen and oxygen atoms in total. The van der Waals surface area contributed by atoms with Crippen LogP contribution in [0.15, 0.2) is 48.5 Å². The molecule has 0 saturated heterocycles. The zero-order valence-corrected chi connectivity index (χ0v) is 14.9. The second kappa shape index (κ2) is 8.37. The number of hydrogen-bond acceptors (Lipinski definition) is 7. The molecule has 1 heterocycles. The minimum Gasteiger partial charge on any atom is -0.458 e. The summed E-state index contributed by atoms with van der Waals surface area (Å²) in [6.45, 7) is 0.197. The van der Waals surface area contributed by atoms with E-state index in [1.165, 1.54) is 35.6 Å². The Hall–Kier alpha value is -3.33. The Morgan fingerprint density at radius 2 is 1.89 bits per heavy atom. The van der Waals surface area contributed by atoms with Crippen LogP contribution in [0, 0.1) is 10.1 Å². The monoisotopic (exact) mass is 385 g/mol. The summed E-state index contributed by atoms with van der Waals surface area (Å²) in [7, 11) is 0. The number of non-ortho nitro benzene ring substituents is 1. The van der Waals surface area contributed by atoms with Gasteiger partial charge in [0, 0.05) is 24.2 Å². The van der Waals surface area contributed by atoms with Crippen LogP contribution in [0.25, 0.3) is 10.2 Å². The minimum atomic E-state index is -0.539. The number of nitro groups is 1. The molecule has 9 heteroatoms. The third-order valence-corrected chi connectivity index (χ3v) is 4.66. The lowest BCUT2D eigenvalue weighted by Crippen LogP contribution is -2.26. The van der Waals surface area contributed by atoms with Crippen molar-refractivity contribution in [3.8, 4) is 0 Å². The topological polar surface area (TPSA) is 111 Å². The Bertz CT molecular complexity index is 951. The molecular formula is C18H15N3O5S. The lowest BCUT2D eigenvalue weighted by molar-refractivity contribution is -0.384. The quantitative estimate of drug-likeness (QED) is 0.380. The Labute approximate surface area is 157 Å². The highest BCUT2D eigenvalue weighted by molar-refractivity contribution is 7.18. The van der Waals surface area contributed by atoms with Crippen LogP contribution in [0.1, 0.15) is 21.8 Å². The molecule has 0 radical (unpaired) electrons. The molecule has 0 unspecified atom stereocenters. The number of rotatable bonds is 7. The summed E-state index contributed by atoms with van der Waals surface area (Å²) in [5.74, 6) is -0.859. The van der Waals surface area contributed by atoms with E-state index in [4.69, 9.17) is 4.74 Å². The Kier molecular flexibility index (Phi) is 5.72. The van der Waals surface area contributed by atoms with E-state index >= 15 is 0 Å². The highest BCUT2D eigenvalue weighted by Crippen LogP contribution is 2.22. The largest absolute Gasteiger partial charge is 0.458 e. The molecule has 27 heavy (non-hydrogen) atoms. The van der Waals surface area contributed by atoms with Gasteiger partial charge in [-0.3, -0.25) is 19.7 Å². The van der Waals surface area contributed by atoms with Gasteiger partial charge in [0.2, 0.25) is 0 Å². The number of thiazole rings is 1. The fourth-order valence-electron chi connectivity index (χ4n) is 2.31. The van der Waals surface area contributed by atoms with E-state index in [9.17, 15) is 19.7 Å². The van der Waals surface area contributed by atoms with Crippen molar-refractivity contribution < 1.29 is 19.2 Å². The molecule has 1 N–H and O–H groups in total. The fraction of sp³-hybridized carbons (Fsp3) is 0.167. The Balaban J connectivity index is 1.42. The zero-order chi connectivity index (χ0) is 19.2. The van der Waals surface area contributed by atoms with Crippen molar-refractivity contribution in [1.29, 1.82) is 0 Å². The number of carbonyl (C=O) groups is 2. The van der Waals surface area contributed by atoms with Crippen LogP contribution in [0.2, 0.25) is 0 Å². The number of para-hydroxylation sites is 1. The Morgan fingerprint density at radius 1 is 1.15 bits per heavy atom. The van der Waals surface area contributed by atoms with Gasteiger partial charge >= 0.3 is 5.97 Å². The highest BCUT2D eigenvalue weighted by atomic mass is 32.1. The standard InChI is InChI=1S/C18H15N3O5S/c22-17(26-11-16-20-14-3-1-2-4-15(14)27-16)9-10-19-18(23)12-5-7-13(8-6-12)21(24)25/h1-8H,9-11H2,(H,19,23). The number of hydrogen-bond donors (Lipinski definition) is 1. The van der Waals surface area contributed by atoms with Crippen molar-refractivity contribution in [2.75, 3.05) is 6.54 Å². The summed E-state index contributed by atoms with van der Waals surface area (Å²) < 4.78 is 6.20. The third-order valence-electron chi connectivity index (χ3n) is 3.65. The summed E-state index contributed by atoms with van der Waals surface area (Å²) in [5.41, 5.74) is 1.05. The molecule has 2 aromatic carbocycles. The molecule has 3 rings (SSSR count). The van der Waals surface area contributed by atoms with Gasteiger partial charge in [0.25, 0.3) is 11.6 Å². The van der Waals surface area contributed by atoms with Gasteiger partial charge in [-0.1, -0.05) is 12.1 Å². The van der Waals surface area contributed by atoms with Gasteiger partial charge in [-0.25, -0.2) is 4.98 Å². The predicted molar refractivity (Wildman–Crippen MR) is 99.5 cm³/mol. The van der Waals surface area contributed by atoms with Crippen molar-refractivity contribution in [3.63, 3.8) is 0 Å². The van der Waals surface area contributed by atoms with E-state index in [0.29, 0.717) is 5.01 Å². The molecule has 0 saturated carbocycles. The van der Waals surface area contributed by atoms with E-state index < -0.39 is 16.8 Å². The SMILES string of the molecule is O=C(CCNC(=O)c1ccc([N+](=O)[O-])cc1)OCc1nc2ccccc2s1. The maximum Gasteiger partial charge on any atom is 0.307 e. The van der Waals surface area contributed by atoms with Crippen LogP contribution < -0.4 is 5.32 Å². The van der Waals surface area contributed by atoms with Crippen molar-refractivity contribution in [3.05, 3.63) is 69.2 Å². The van der Waals surface area contributed by atoms with Gasteiger partial charge in [-0.15, -0.1) is 11.3 Å². The van der Waals surface area contributed by atoms with Crippen LogP contribution in [0.3, 0.4) is 0 Å². The molecule has 0 aliphatic rings. The third kappa shape index (κ3) is 4.85. The van der Waals surface area contributed by atoms with Crippen LogP contribution in [0.5, 0.6) is 0 Å². The van der Waals surface area contributed by atoms with Crippen LogP contribution in [-0.4, -0.2) is 28.3 Å². The number of nitro benzene ring substituents is 1. The first-order valence-electron chi connectivity index (χ1n) is 8.05. The summed E-state index contributed by atoms with van der Waals surface area (Å²) in [5, 5.41) is 13.9. The van der Waals surface area contributed by atoms with Gasteiger partial charge in [0.05, 0.1) is 21.6 Å². The normalized spacial score (nSPS) is 10.5. The summed E-state index contributed by atoms with van der Waals surface area (Å²) in [6, 6.07) is 12.9. The molecule has 1 aromatic heterocycles. The van der Waals surface area contributed by atoms with Gasteiger partial charge < -0.3 is 10.1 Å². The smallest absolute Gasteiger partial charge is 0.307 e. The first-order valence-corrected chi connectivity index (χ1v) is 8.87. The average molecular weight is 385 g/mol. The molecule has 0 fully saturated rings. The van der Waals surface area contributed by atoms with Crippen molar-refractivity contribution in [1.82, 2.24) is 10.3 Å². The lowest BCUT2D eigenvalue weighted by atomic mass is 10.2. The van der Waals surface area contributed by atoms with Crippen molar-refractivity contribution >= 4 is 39.1 Å². The van der Waals surface area contributed by atoms with Crippen molar-refractivity contribution in [2.24, 2.45) is 0 Å². The second-order valence-electron chi connectivity index (χ2n) is 5.55. The Morgan fingerprint density at radius 3 is 2.59 bits per heavy atom. The van der Waals surface area contributed by atoms with Crippen LogP contribution in [-0.2, 0) is 16.1 Å². The van der Waals surface area contributed by atoms with Gasteiger partial charge in [0.15, 0.2) is 0 Å². The van der Waals surface area contributed by atoms with E-state index in [1.807, 2.05) is 24.3 Å². The average Bonchev–Trinajstić information content (AvgIpc) is 3.09. The van der Waals surface area contributed by atoms with Crippen molar-refractivity contribution in [2.45, 2.75) is 13.0 Å². The first kappa shape index (κ1) is 18.5. The fourth-order valence-corrected chi connectivity index (χ4v) is 3.19. The minimum absolute atomic E-state index is 0.0175. The number of fused-ring (bicyclic) bond motifs is 1. The van der Waals surface area contributed by atoms with Gasteiger partial charge in [-0.05, 0) is 24.3 Å². The highest BCUT2D eigenvalue weighted by Gasteiger charge is 2.11. The predicted octanol–water partition coefficient (Wildman–Crippen LogP) is 3.07. The molecule has 0 aliphatic carbocycles. The summed E-state index contributed by atoms with van der Waals surface area (Å²) >= 11 is 1.46. The number of ether oxygens (including phenoxy) is 1. The van der Waals surface area contributed by atoms with E-state index in [0.717, 1.165) is 10.2 Å². The number of benzene rings is 2. The number of nitrogens with zero attached hydrogens (tertiary/aromatic N) is 2. The summed E-state index contributed by atoms with van der Waals surface area (Å²) in [6.07, 6.45) is 0.0175. The lowest BCUT2D eigenvalue weighted by Gasteiger charge is -2.05. The molecule has 1 amide bonds. The molecular weight excluding hydrogens is 370 g/mol. The summed E-state index contributed by atoms with van der Waals surface area (Å²) in [4.78, 5) is 38.2. The number of carbonyl (C=O) groups excluding carboxylic acids is 2. The van der Waals surface area contributed by atoms with Gasteiger partial charge in [0.1, 0.15) is 11.6 Å². The van der Waals surface area contributed by atoms with E-state index in [1.54, 1.807) is 0 Å². The van der Waals surface area contributed by atoms with E-state index in [-0.39, 0.29) is 30.8 Å². The maximum atomic E-state index is 11.9. The number of nitrogens with one attached hydrogen (secondary N) is 1. The molecule has 0 bridgehead atoms. The number of amides is 1. The first-order chi connectivity index (χ1) is 13.0. The number of aromatic nitrogens is 1. The van der Waals surface area contributed by atoms with Crippen LogP contribution in [0.4, 0.5) is 5.69 Å². The van der Waals surface area contributed by atoms with Gasteiger partial charge in [-0.2, -0.15) is 0 Å².